The van der Waals surface area contributed by atoms with Crippen molar-refractivity contribution in [3.63, 3.8) is 0 Å². The van der Waals surface area contributed by atoms with Gasteiger partial charge in [-0.2, -0.15) is 15.4 Å². The number of nitrogens with one attached hydrogen (secondary N) is 1. The number of aliphatic carboxylic acids is 1. The van der Waals surface area contributed by atoms with E-state index in [0.717, 1.165) is 11.1 Å². The van der Waals surface area contributed by atoms with Crippen molar-refractivity contribution >= 4 is 17.0 Å². The summed E-state index contributed by atoms with van der Waals surface area (Å²) in [6, 6.07) is 9.84. The molecular weight excluding hydrogens is 354 g/mol. The number of aryl methyl sites for hydroxylation is 1. The monoisotopic (exact) mass is 379 g/mol. The van der Waals surface area contributed by atoms with Gasteiger partial charge >= 0.3 is 5.97 Å². The van der Waals surface area contributed by atoms with Crippen LogP contribution in [-0.2, 0) is 11.2 Å². The molecule has 0 saturated heterocycles. The van der Waals surface area contributed by atoms with E-state index >= 15 is 0 Å². The van der Waals surface area contributed by atoms with Crippen LogP contribution in [0.25, 0.3) is 22.2 Å². The summed E-state index contributed by atoms with van der Waals surface area (Å²) in [6.45, 7) is 0. The van der Waals surface area contributed by atoms with Crippen LogP contribution in [0.3, 0.4) is 0 Å². The van der Waals surface area contributed by atoms with Crippen molar-refractivity contribution in [1.82, 2.24) is 15.4 Å². The zero-order valence-electron chi connectivity index (χ0n) is 15.8. The number of rotatable bonds is 6. The lowest BCUT2D eigenvalue weighted by molar-refractivity contribution is -0.137. The summed E-state index contributed by atoms with van der Waals surface area (Å²) < 4.78 is 0. The van der Waals surface area contributed by atoms with E-state index in [1.54, 1.807) is 12.1 Å². The maximum atomic E-state index is 10.9. The molecule has 6 nitrogen and oxygen atoms in total. The highest BCUT2D eigenvalue weighted by Crippen LogP contribution is 2.39. The highest BCUT2D eigenvalue weighted by Gasteiger charge is 2.19. The zero-order valence-corrected chi connectivity index (χ0v) is 15.8. The Kier molecular flexibility index (Phi) is 5.28. The van der Waals surface area contributed by atoms with Crippen LogP contribution in [0, 0.1) is 0 Å². The van der Waals surface area contributed by atoms with Gasteiger partial charge in [-0.15, -0.1) is 0 Å². The number of phenolic OH excluding ortho intramolecular Hbond substituents is 1. The van der Waals surface area contributed by atoms with Crippen molar-refractivity contribution in [2.24, 2.45) is 0 Å². The summed E-state index contributed by atoms with van der Waals surface area (Å²) in [5, 5.41) is 30.5. The number of phenols is 1. The average molecular weight is 379 g/mol. The predicted molar refractivity (Wildman–Crippen MR) is 107 cm³/mol. The molecule has 2 aromatic carbocycles. The lowest BCUT2D eigenvalue weighted by Crippen LogP contribution is -2.06. The molecule has 0 aliphatic heterocycles. The number of hydrogen-bond donors (Lipinski definition) is 3. The van der Waals surface area contributed by atoms with E-state index in [-0.39, 0.29) is 12.2 Å². The fourth-order valence-corrected chi connectivity index (χ4v) is 4.31. The van der Waals surface area contributed by atoms with Gasteiger partial charge in [0.2, 0.25) is 0 Å². The Morgan fingerprint density at radius 3 is 2.71 bits per heavy atom. The molecule has 0 radical (unpaired) electrons. The zero-order chi connectivity index (χ0) is 19.5. The van der Waals surface area contributed by atoms with Crippen LogP contribution in [0.5, 0.6) is 5.75 Å². The Morgan fingerprint density at radius 1 is 1.11 bits per heavy atom. The van der Waals surface area contributed by atoms with Crippen molar-refractivity contribution < 1.29 is 15.0 Å². The fraction of sp³-hybridized carbons (Fsp3) is 0.409. The molecule has 28 heavy (non-hydrogen) atoms. The molecule has 146 valence electrons. The van der Waals surface area contributed by atoms with E-state index in [9.17, 15) is 9.90 Å². The highest BCUT2D eigenvalue weighted by atomic mass is 16.4. The first-order chi connectivity index (χ1) is 13.6. The van der Waals surface area contributed by atoms with Crippen molar-refractivity contribution in [1.29, 1.82) is 0 Å². The SMILES string of the molecule is O=C(O)CCCc1cc(-c2c(O)ccc3n[nH]nc23)cc(C2CCCCC2)c1. The third kappa shape index (κ3) is 3.86. The Morgan fingerprint density at radius 2 is 1.93 bits per heavy atom. The Bertz CT molecular complexity index is 990. The van der Waals surface area contributed by atoms with Gasteiger partial charge in [-0.05, 0) is 60.4 Å². The second kappa shape index (κ2) is 8.00. The summed E-state index contributed by atoms with van der Waals surface area (Å²) in [5.74, 6) is -0.0714. The highest BCUT2D eigenvalue weighted by molar-refractivity contribution is 5.95. The Hall–Kier alpha value is -2.89. The van der Waals surface area contributed by atoms with Gasteiger partial charge < -0.3 is 10.2 Å². The summed E-state index contributed by atoms with van der Waals surface area (Å²) in [5.41, 5.74) is 5.36. The molecule has 0 amide bonds. The number of carboxylic acid groups (broad SMARTS) is 1. The first kappa shape index (κ1) is 18.5. The number of benzene rings is 2. The number of carbonyl (C=O) groups is 1. The molecule has 0 spiro atoms. The molecule has 3 aromatic rings. The minimum Gasteiger partial charge on any atom is -0.507 e. The topological polar surface area (TPSA) is 99.1 Å². The normalized spacial score (nSPS) is 15.1. The van der Waals surface area contributed by atoms with Crippen LogP contribution < -0.4 is 0 Å². The molecule has 0 bridgehead atoms. The number of nitrogens with zero attached hydrogens (tertiary/aromatic N) is 2. The Balaban J connectivity index is 1.77. The maximum absolute atomic E-state index is 10.9. The predicted octanol–water partition coefficient (Wildman–Crippen LogP) is 4.79. The van der Waals surface area contributed by atoms with E-state index in [0.29, 0.717) is 35.4 Å². The van der Waals surface area contributed by atoms with Crippen LogP contribution in [0.4, 0.5) is 0 Å². The number of hydrogen-bond acceptors (Lipinski definition) is 4. The lowest BCUT2D eigenvalue weighted by Gasteiger charge is -2.23. The molecule has 3 N–H and O–H groups in total. The van der Waals surface area contributed by atoms with Crippen molar-refractivity contribution in [3.8, 4) is 16.9 Å². The Labute approximate surface area is 163 Å². The van der Waals surface area contributed by atoms with Crippen LogP contribution in [0.1, 0.15) is 62.0 Å². The van der Waals surface area contributed by atoms with Gasteiger partial charge in [0.25, 0.3) is 0 Å². The second-order valence-corrected chi connectivity index (χ2v) is 7.70. The van der Waals surface area contributed by atoms with Gasteiger partial charge in [0.1, 0.15) is 16.8 Å². The molecule has 4 rings (SSSR count). The second-order valence-electron chi connectivity index (χ2n) is 7.70. The molecule has 0 unspecified atom stereocenters. The maximum Gasteiger partial charge on any atom is 0.303 e. The quantitative estimate of drug-likeness (QED) is 0.572. The van der Waals surface area contributed by atoms with Gasteiger partial charge in [-0.1, -0.05) is 37.5 Å². The molecule has 1 aromatic heterocycles. The molecule has 1 heterocycles. The fourth-order valence-electron chi connectivity index (χ4n) is 4.31. The smallest absolute Gasteiger partial charge is 0.303 e. The number of aromatic nitrogens is 3. The van der Waals surface area contributed by atoms with Crippen molar-refractivity contribution in [2.45, 2.75) is 57.3 Å². The van der Waals surface area contributed by atoms with E-state index < -0.39 is 5.97 Å². The third-order valence-electron chi connectivity index (χ3n) is 5.70. The average Bonchev–Trinajstić information content (AvgIpc) is 3.16. The number of aromatic amines is 1. The largest absolute Gasteiger partial charge is 0.507 e. The first-order valence-electron chi connectivity index (χ1n) is 10.0. The van der Waals surface area contributed by atoms with Crippen LogP contribution >= 0.6 is 0 Å². The van der Waals surface area contributed by atoms with E-state index in [1.165, 1.54) is 37.7 Å². The summed E-state index contributed by atoms with van der Waals surface area (Å²) in [7, 11) is 0. The van der Waals surface area contributed by atoms with Gasteiger partial charge in [0.05, 0.1) is 5.56 Å². The van der Waals surface area contributed by atoms with Crippen molar-refractivity contribution in [2.75, 3.05) is 0 Å². The van der Waals surface area contributed by atoms with Crippen LogP contribution in [0.2, 0.25) is 0 Å². The standard InChI is InChI=1S/C22H25N3O3/c26-19-10-9-18-22(24-25-23-18)21(19)17-12-14(5-4-8-20(27)28)11-16(13-17)15-6-2-1-3-7-15/h9-13,15,26H,1-8H2,(H,27,28)(H,23,24,25). The van der Waals surface area contributed by atoms with Gasteiger partial charge in [-0.25, -0.2) is 0 Å². The van der Waals surface area contributed by atoms with E-state index in [1.807, 2.05) is 0 Å². The molecular formula is C22H25N3O3. The molecule has 1 aliphatic rings. The third-order valence-corrected chi connectivity index (χ3v) is 5.70. The van der Waals surface area contributed by atoms with E-state index in [2.05, 4.69) is 33.6 Å². The number of fused-ring (bicyclic) bond motifs is 1. The van der Waals surface area contributed by atoms with E-state index in [4.69, 9.17) is 5.11 Å². The molecule has 1 aliphatic carbocycles. The molecule has 1 saturated carbocycles. The minimum atomic E-state index is -0.770. The van der Waals surface area contributed by atoms with Gasteiger partial charge in [0, 0.05) is 6.42 Å². The number of H-pyrrole nitrogens is 1. The molecule has 6 heteroatoms. The van der Waals surface area contributed by atoms with Crippen LogP contribution in [-0.4, -0.2) is 31.6 Å². The number of aromatic hydroxyl groups is 1. The number of carboxylic acids is 1. The van der Waals surface area contributed by atoms with Crippen LogP contribution in [0.15, 0.2) is 30.3 Å². The summed E-state index contributed by atoms with van der Waals surface area (Å²) >= 11 is 0. The molecule has 1 fully saturated rings. The summed E-state index contributed by atoms with van der Waals surface area (Å²) in [4.78, 5) is 10.9. The van der Waals surface area contributed by atoms with Gasteiger partial charge in [0.15, 0.2) is 0 Å². The van der Waals surface area contributed by atoms with Crippen molar-refractivity contribution in [3.05, 3.63) is 41.5 Å². The lowest BCUT2D eigenvalue weighted by atomic mass is 9.82. The van der Waals surface area contributed by atoms with Gasteiger partial charge in [-0.3, -0.25) is 4.79 Å². The first-order valence-corrected chi connectivity index (χ1v) is 10.0. The minimum absolute atomic E-state index is 0.160. The molecule has 0 atom stereocenters. The summed E-state index contributed by atoms with van der Waals surface area (Å²) in [6.07, 6.45) is 7.60.